The second kappa shape index (κ2) is 20.1. The number of fused-ring (bicyclic) bond motifs is 2. The van der Waals surface area contributed by atoms with Gasteiger partial charge in [0.25, 0.3) is 0 Å². The zero-order valence-electron chi connectivity index (χ0n) is 33.5. The Morgan fingerprint density at radius 3 is 1.42 bits per heavy atom. The number of hydrogen-bond donors (Lipinski definition) is 0. The highest BCUT2D eigenvalue weighted by Gasteiger charge is 2.59. The first kappa shape index (κ1) is 42.4. The van der Waals surface area contributed by atoms with Gasteiger partial charge in [-0.2, -0.15) is 0 Å². The normalized spacial score (nSPS) is 26.5. The van der Waals surface area contributed by atoms with E-state index in [4.69, 9.17) is 47.4 Å². The molecule has 10 atom stereocenters. The largest absolute Gasteiger partial charge is 0.467 e. The third-order valence-electron chi connectivity index (χ3n) is 10.6. The van der Waals surface area contributed by atoms with E-state index in [0.717, 1.165) is 11.1 Å². The van der Waals surface area contributed by atoms with Crippen molar-refractivity contribution in [1.29, 1.82) is 0 Å². The molecule has 5 aromatic rings. The molecule has 0 amide bonds. The van der Waals surface area contributed by atoms with Gasteiger partial charge in [0.2, 0.25) is 0 Å². The van der Waals surface area contributed by atoms with Gasteiger partial charge in [-0.05, 0) is 47.5 Å². The highest BCUT2D eigenvalue weighted by molar-refractivity contribution is 5.91. The molecule has 0 N–H and O–H groups in total. The molecule has 0 spiro atoms. The Bertz CT molecular complexity index is 2240. The smallest absolute Gasteiger partial charge is 0.338 e. The van der Waals surface area contributed by atoms with Crippen LogP contribution >= 0.6 is 0 Å². The fourth-order valence-corrected chi connectivity index (χ4v) is 7.47. The summed E-state index contributed by atoms with van der Waals surface area (Å²) in [5, 5.41) is 0. The lowest BCUT2D eigenvalue weighted by atomic mass is 9.96. The Hall–Kier alpha value is -6.26. The topological polar surface area (TPSA) is 161 Å². The number of esters is 4. The van der Waals surface area contributed by atoms with Gasteiger partial charge in [0.1, 0.15) is 24.4 Å². The molecular weight excluding hydrogens is 801 g/mol. The van der Waals surface area contributed by atoms with Crippen molar-refractivity contribution >= 4 is 23.9 Å². The first-order valence-corrected chi connectivity index (χ1v) is 20.1. The van der Waals surface area contributed by atoms with Crippen molar-refractivity contribution in [3.8, 4) is 0 Å². The Balaban J connectivity index is 1.19. The van der Waals surface area contributed by atoms with E-state index in [1.807, 2.05) is 60.7 Å². The van der Waals surface area contributed by atoms with Crippen molar-refractivity contribution in [2.24, 2.45) is 0 Å². The van der Waals surface area contributed by atoms with E-state index in [1.165, 1.54) is 7.11 Å². The third-order valence-corrected chi connectivity index (χ3v) is 10.6. The van der Waals surface area contributed by atoms with Crippen molar-refractivity contribution in [3.05, 3.63) is 179 Å². The molecule has 320 valence electrons. The minimum atomic E-state index is -1.64. The van der Waals surface area contributed by atoms with Crippen LogP contribution in [-0.2, 0) is 65.4 Å². The van der Waals surface area contributed by atoms with Crippen LogP contribution in [0.4, 0.5) is 0 Å². The van der Waals surface area contributed by atoms with Crippen LogP contribution in [0.25, 0.3) is 0 Å². The van der Waals surface area contributed by atoms with Crippen LogP contribution < -0.4 is 0 Å². The van der Waals surface area contributed by atoms with Crippen molar-refractivity contribution in [1.82, 2.24) is 0 Å². The van der Waals surface area contributed by atoms with Crippen LogP contribution in [-0.4, -0.2) is 99.0 Å². The highest BCUT2D eigenvalue weighted by Crippen LogP contribution is 2.39. The molecule has 14 heteroatoms. The summed E-state index contributed by atoms with van der Waals surface area (Å²) in [7, 11) is 1.20. The number of hydrogen-bond acceptors (Lipinski definition) is 14. The Morgan fingerprint density at radius 1 is 0.500 bits per heavy atom. The van der Waals surface area contributed by atoms with E-state index in [-0.39, 0.29) is 36.5 Å². The number of carbonyl (C=O) groups excluding carboxylic acids is 4. The van der Waals surface area contributed by atoms with Crippen LogP contribution in [0.2, 0.25) is 0 Å². The molecule has 5 aromatic carbocycles. The lowest BCUT2D eigenvalue weighted by molar-refractivity contribution is -0.339. The average molecular weight is 845 g/mol. The zero-order chi connectivity index (χ0) is 42.8. The fourth-order valence-electron chi connectivity index (χ4n) is 7.47. The fraction of sp³-hybridized carbons (Fsp3) is 0.292. The molecule has 3 aliphatic rings. The zero-order valence-corrected chi connectivity index (χ0v) is 33.5. The molecule has 3 saturated heterocycles. The quantitative estimate of drug-likeness (QED) is 0.0909. The molecule has 62 heavy (non-hydrogen) atoms. The summed E-state index contributed by atoms with van der Waals surface area (Å²) in [6, 6.07) is 43.3. The average Bonchev–Trinajstić information content (AvgIpc) is 3.77. The molecule has 3 aliphatic heterocycles. The second-order valence-corrected chi connectivity index (χ2v) is 14.7. The SMILES string of the molecule is COC(=O)[C@H]1O[C@@H](O[C@H]2[C@H](OC(=O)c3ccccc3)[C@@H](OC(=O)c3ccccc3)[C@@H]3OC[C@H]2O3)[C@H](OC(=O)c2ccccc2)[C@@H](OCc2ccccc2)[C@@H]1OCc1ccccc1. The number of benzene rings is 5. The first-order chi connectivity index (χ1) is 30.4. The number of ether oxygens (including phenoxy) is 10. The van der Waals surface area contributed by atoms with Gasteiger partial charge in [-0.3, -0.25) is 0 Å². The molecule has 0 aliphatic carbocycles. The summed E-state index contributed by atoms with van der Waals surface area (Å²) in [6.45, 7) is -0.0651. The van der Waals surface area contributed by atoms with Gasteiger partial charge in [0, 0.05) is 0 Å². The van der Waals surface area contributed by atoms with Gasteiger partial charge in [0.15, 0.2) is 37.0 Å². The van der Waals surface area contributed by atoms with Crippen molar-refractivity contribution in [2.75, 3.05) is 13.7 Å². The minimum absolute atomic E-state index is 0.00376. The molecular formula is C48H44O14. The van der Waals surface area contributed by atoms with Gasteiger partial charge < -0.3 is 47.4 Å². The monoisotopic (exact) mass is 844 g/mol. The van der Waals surface area contributed by atoms with Crippen LogP contribution in [0.1, 0.15) is 42.2 Å². The van der Waals surface area contributed by atoms with E-state index in [2.05, 4.69) is 0 Å². The lowest BCUT2D eigenvalue weighted by Crippen LogP contribution is -2.66. The first-order valence-electron chi connectivity index (χ1n) is 20.1. The summed E-state index contributed by atoms with van der Waals surface area (Å²) in [6.07, 6.45) is -13.2. The van der Waals surface area contributed by atoms with E-state index < -0.39 is 85.3 Å². The van der Waals surface area contributed by atoms with Gasteiger partial charge in [0.05, 0.1) is 43.6 Å². The lowest BCUT2D eigenvalue weighted by Gasteiger charge is -2.47. The Kier molecular flexibility index (Phi) is 13.7. The van der Waals surface area contributed by atoms with Gasteiger partial charge in [-0.15, -0.1) is 0 Å². The Morgan fingerprint density at radius 2 is 0.935 bits per heavy atom. The van der Waals surface area contributed by atoms with Gasteiger partial charge in [-0.25, -0.2) is 19.2 Å². The maximum atomic E-state index is 14.0. The maximum absolute atomic E-state index is 14.0. The molecule has 0 unspecified atom stereocenters. The number of rotatable bonds is 15. The molecule has 0 aromatic heterocycles. The predicted octanol–water partition coefficient (Wildman–Crippen LogP) is 5.87. The highest BCUT2D eigenvalue weighted by atomic mass is 16.8. The van der Waals surface area contributed by atoms with E-state index in [9.17, 15) is 19.2 Å². The summed E-state index contributed by atoms with van der Waals surface area (Å²) in [5.74, 6) is -3.09. The van der Waals surface area contributed by atoms with Crippen molar-refractivity contribution in [3.63, 3.8) is 0 Å². The van der Waals surface area contributed by atoms with Crippen LogP contribution in [0, 0.1) is 0 Å². The van der Waals surface area contributed by atoms with Crippen LogP contribution in [0.3, 0.4) is 0 Å². The van der Waals surface area contributed by atoms with Crippen LogP contribution in [0.5, 0.6) is 0 Å². The van der Waals surface area contributed by atoms with Gasteiger partial charge >= 0.3 is 23.9 Å². The minimum Gasteiger partial charge on any atom is -0.467 e. The van der Waals surface area contributed by atoms with Gasteiger partial charge in [-0.1, -0.05) is 115 Å². The van der Waals surface area contributed by atoms with E-state index in [1.54, 1.807) is 91.0 Å². The Labute approximate surface area is 357 Å². The molecule has 0 saturated carbocycles. The van der Waals surface area contributed by atoms with E-state index in [0.29, 0.717) is 0 Å². The molecule has 14 nitrogen and oxygen atoms in total. The summed E-state index contributed by atoms with van der Waals surface area (Å²) in [5.41, 5.74) is 2.19. The number of methoxy groups -OCH3 is 1. The predicted molar refractivity (Wildman–Crippen MR) is 217 cm³/mol. The second-order valence-electron chi connectivity index (χ2n) is 14.7. The molecule has 3 fully saturated rings. The maximum Gasteiger partial charge on any atom is 0.338 e. The number of carbonyl (C=O) groups is 4. The third kappa shape index (κ3) is 9.92. The van der Waals surface area contributed by atoms with Crippen molar-refractivity contribution in [2.45, 2.75) is 74.6 Å². The molecule has 3 heterocycles. The summed E-state index contributed by atoms with van der Waals surface area (Å²) in [4.78, 5) is 55.3. The van der Waals surface area contributed by atoms with E-state index >= 15 is 0 Å². The summed E-state index contributed by atoms with van der Waals surface area (Å²) >= 11 is 0. The molecule has 2 bridgehead atoms. The standard InChI is InChI=1S/C48H44O14/c1-53-46(52)40-37(54-27-30-17-7-2-8-18-30)38(55-28-31-19-9-3-10-20-31)41(59-44(50)33-23-13-5-14-24-33)48(62-40)61-36-35-29-56-47(57-35)42(60-45(51)34-25-15-6-16-26-34)39(36)58-43(49)32-21-11-4-12-22-32/h2-26,35-42,47-48H,27-29H2,1H3/t35-,36-,37+,38+,39+,40+,41-,42-,47-,48-/m1/s1. The van der Waals surface area contributed by atoms with Crippen LogP contribution in [0.15, 0.2) is 152 Å². The molecule has 8 rings (SSSR count). The summed E-state index contributed by atoms with van der Waals surface area (Å²) < 4.78 is 62.2. The molecule has 0 radical (unpaired) electrons. The van der Waals surface area contributed by atoms with Crippen molar-refractivity contribution < 1.29 is 66.5 Å².